The Hall–Kier alpha value is -2.85. The number of nitrogens with one attached hydrogen (secondary N) is 1. The van der Waals surface area contributed by atoms with Gasteiger partial charge in [0.25, 0.3) is 0 Å². The molecule has 4 heteroatoms. The van der Waals surface area contributed by atoms with Gasteiger partial charge >= 0.3 is 0 Å². The standard InChI is InChI=1S/C30H35N3O/c1-20-6-11-29(30(34)31-20)33-19-27-17-26(9-10-28(27)21(33)2)24-12-14-32(15-13-24)18-22-7-8-23-4-3-5-25(23)16-22/h7-10,16-17,24,29H,1-6,11-15,18-19H2,(H,31,34). The fourth-order valence-corrected chi connectivity index (χ4v) is 6.48. The van der Waals surface area contributed by atoms with Crippen LogP contribution in [0, 0.1) is 0 Å². The molecule has 3 aliphatic heterocycles. The Kier molecular flexibility index (Phi) is 5.57. The molecule has 2 aromatic carbocycles. The van der Waals surface area contributed by atoms with Gasteiger partial charge in [-0.1, -0.05) is 49.6 Å². The third-order valence-electron chi connectivity index (χ3n) is 8.45. The number of amides is 1. The van der Waals surface area contributed by atoms with Crippen molar-refractivity contribution in [3.8, 4) is 0 Å². The zero-order chi connectivity index (χ0) is 23.2. The number of likely N-dealkylation sites (tertiary alicyclic amines) is 1. The van der Waals surface area contributed by atoms with Crippen molar-refractivity contribution < 1.29 is 4.79 Å². The van der Waals surface area contributed by atoms with E-state index in [1.54, 1.807) is 11.1 Å². The van der Waals surface area contributed by atoms with Crippen LogP contribution >= 0.6 is 0 Å². The predicted octanol–water partition coefficient (Wildman–Crippen LogP) is 5.13. The number of carbonyl (C=O) groups is 1. The number of fused-ring (bicyclic) bond motifs is 2. The van der Waals surface area contributed by atoms with E-state index in [4.69, 9.17) is 0 Å². The maximum Gasteiger partial charge on any atom is 0.246 e. The van der Waals surface area contributed by atoms with Gasteiger partial charge in [0, 0.05) is 30.0 Å². The first kappa shape index (κ1) is 21.7. The monoisotopic (exact) mass is 453 g/mol. The van der Waals surface area contributed by atoms with Crippen molar-refractivity contribution in [2.45, 2.75) is 70.0 Å². The molecular formula is C30H35N3O. The number of piperidine rings is 2. The van der Waals surface area contributed by atoms with E-state index >= 15 is 0 Å². The summed E-state index contributed by atoms with van der Waals surface area (Å²) in [5, 5.41) is 2.93. The second-order valence-electron chi connectivity index (χ2n) is 10.6. The van der Waals surface area contributed by atoms with Crippen molar-refractivity contribution in [2.24, 2.45) is 0 Å². The smallest absolute Gasteiger partial charge is 0.246 e. The molecule has 1 amide bonds. The second kappa shape index (κ2) is 8.74. The number of hydrogen-bond acceptors (Lipinski definition) is 3. The third kappa shape index (κ3) is 3.98. The first-order chi connectivity index (χ1) is 16.5. The predicted molar refractivity (Wildman–Crippen MR) is 137 cm³/mol. The normalized spacial score (nSPS) is 23.2. The Labute approximate surface area is 203 Å². The molecule has 0 radical (unpaired) electrons. The second-order valence-corrected chi connectivity index (χ2v) is 10.6. The van der Waals surface area contributed by atoms with E-state index in [9.17, 15) is 4.79 Å². The zero-order valence-electron chi connectivity index (χ0n) is 20.1. The highest BCUT2D eigenvalue weighted by atomic mass is 16.2. The van der Waals surface area contributed by atoms with E-state index < -0.39 is 0 Å². The Morgan fingerprint density at radius 2 is 1.74 bits per heavy atom. The molecule has 1 unspecified atom stereocenters. The maximum absolute atomic E-state index is 12.6. The third-order valence-corrected chi connectivity index (χ3v) is 8.45. The molecule has 1 atom stereocenters. The molecular weight excluding hydrogens is 418 g/mol. The van der Waals surface area contributed by atoms with Crippen LogP contribution in [-0.2, 0) is 30.7 Å². The summed E-state index contributed by atoms with van der Waals surface area (Å²) in [5.41, 5.74) is 10.4. The molecule has 2 saturated heterocycles. The van der Waals surface area contributed by atoms with Crippen molar-refractivity contribution >= 4 is 11.6 Å². The lowest BCUT2D eigenvalue weighted by atomic mass is 9.87. The molecule has 0 aromatic heterocycles. The van der Waals surface area contributed by atoms with Crippen LogP contribution in [0.15, 0.2) is 55.3 Å². The van der Waals surface area contributed by atoms with Gasteiger partial charge in [0.15, 0.2) is 0 Å². The van der Waals surface area contributed by atoms with E-state index in [1.807, 2.05) is 0 Å². The first-order valence-corrected chi connectivity index (χ1v) is 13.0. The molecule has 4 nitrogen and oxygen atoms in total. The quantitative estimate of drug-likeness (QED) is 0.697. The minimum absolute atomic E-state index is 0.0566. The van der Waals surface area contributed by atoms with Gasteiger partial charge in [0.05, 0.1) is 0 Å². The summed E-state index contributed by atoms with van der Waals surface area (Å²) < 4.78 is 0. The number of benzene rings is 2. The molecule has 4 aliphatic rings. The summed E-state index contributed by atoms with van der Waals surface area (Å²) >= 11 is 0. The van der Waals surface area contributed by atoms with Crippen LogP contribution in [0.4, 0.5) is 0 Å². The topological polar surface area (TPSA) is 35.6 Å². The fourth-order valence-electron chi connectivity index (χ4n) is 6.48. The van der Waals surface area contributed by atoms with Gasteiger partial charge in [-0.2, -0.15) is 0 Å². The fraction of sp³-hybridized carbons (Fsp3) is 0.433. The van der Waals surface area contributed by atoms with Crippen LogP contribution in [0.5, 0.6) is 0 Å². The van der Waals surface area contributed by atoms with Gasteiger partial charge < -0.3 is 10.2 Å². The minimum atomic E-state index is -0.142. The van der Waals surface area contributed by atoms with Crippen molar-refractivity contribution in [1.82, 2.24) is 15.1 Å². The van der Waals surface area contributed by atoms with Crippen molar-refractivity contribution in [3.63, 3.8) is 0 Å². The highest BCUT2D eigenvalue weighted by Crippen LogP contribution is 2.38. The van der Waals surface area contributed by atoms with Crippen LogP contribution in [0.25, 0.3) is 5.70 Å². The molecule has 2 fully saturated rings. The molecule has 0 bridgehead atoms. The first-order valence-electron chi connectivity index (χ1n) is 13.0. The molecule has 6 rings (SSSR count). The van der Waals surface area contributed by atoms with Gasteiger partial charge in [-0.05, 0) is 91.8 Å². The Balaban J connectivity index is 1.09. The van der Waals surface area contributed by atoms with Crippen LogP contribution in [0.1, 0.15) is 71.4 Å². The van der Waals surface area contributed by atoms with Crippen molar-refractivity contribution in [2.75, 3.05) is 13.1 Å². The van der Waals surface area contributed by atoms with Crippen LogP contribution < -0.4 is 5.32 Å². The Bertz CT molecular complexity index is 1160. The van der Waals surface area contributed by atoms with Gasteiger partial charge in [-0.15, -0.1) is 0 Å². The number of carbonyl (C=O) groups excluding carboxylic acids is 1. The van der Waals surface area contributed by atoms with Crippen LogP contribution in [0.2, 0.25) is 0 Å². The van der Waals surface area contributed by atoms with Gasteiger partial charge in [-0.25, -0.2) is 0 Å². The lowest BCUT2D eigenvalue weighted by Gasteiger charge is -2.33. The minimum Gasteiger partial charge on any atom is -0.355 e. The van der Waals surface area contributed by atoms with Gasteiger partial charge in [0.2, 0.25) is 5.91 Å². The van der Waals surface area contributed by atoms with Gasteiger partial charge in [0.1, 0.15) is 6.04 Å². The zero-order valence-corrected chi connectivity index (χ0v) is 20.1. The SMILES string of the molecule is C=C1CCC(N2Cc3cc(C4CCN(Cc5ccc6c(c5)CCC6)CC4)ccc3C2=C)C(=O)N1. The summed E-state index contributed by atoms with van der Waals surface area (Å²) in [5.74, 6) is 0.673. The number of aryl methyl sites for hydroxylation is 2. The molecule has 34 heavy (non-hydrogen) atoms. The molecule has 1 N–H and O–H groups in total. The number of allylic oxidation sites excluding steroid dienone is 1. The molecule has 2 aromatic rings. The van der Waals surface area contributed by atoms with E-state index in [0.717, 1.165) is 50.4 Å². The van der Waals surface area contributed by atoms with E-state index in [2.05, 4.69) is 64.7 Å². The molecule has 176 valence electrons. The van der Waals surface area contributed by atoms with Crippen molar-refractivity contribution in [1.29, 1.82) is 0 Å². The highest BCUT2D eigenvalue weighted by molar-refractivity contribution is 5.87. The summed E-state index contributed by atoms with van der Waals surface area (Å²) in [6, 6.07) is 13.9. The van der Waals surface area contributed by atoms with Gasteiger partial charge in [-0.3, -0.25) is 9.69 Å². The largest absolute Gasteiger partial charge is 0.355 e. The maximum atomic E-state index is 12.6. The van der Waals surface area contributed by atoms with Crippen molar-refractivity contribution in [3.05, 3.63) is 88.6 Å². The average Bonchev–Trinajstić information content (AvgIpc) is 3.43. The van der Waals surface area contributed by atoms with Crippen LogP contribution in [0.3, 0.4) is 0 Å². The number of hydrogen-bond donors (Lipinski definition) is 1. The van der Waals surface area contributed by atoms with E-state index in [-0.39, 0.29) is 11.9 Å². The highest BCUT2D eigenvalue weighted by Gasteiger charge is 2.35. The molecule has 3 heterocycles. The summed E-state index contributed by atoms with van der Waals surface area (Å²) in [6.45, 7) is 12.4. The Morgan fingerprint density at radius 1 is 0.912 bits per heavy atom. The van der Waals surface area contributed by atoms with Crippen LogP contribution in [-0.4, -0.2) is 34.8 Å². The lowest BCUT2D eigenvalue weighted by molar-refractivity contribution is -0.125. The average molecular weight is 454 g/mol. The number of rotatable bonds is 4. The molecule has 0 saturated carbocycles. The summed E-state index contributed by atoms with van der Waals surface area (Å²) in [7, 11) is 0. The lowest BCUT2D eigenvalue weighted by Crippen LogP contribution is -2.47. The number of nitrogens with zero attached hydrogens (tertiary/aromatic N) is 2. The van der Waals surface area contributed by atoms with E-state index in [0.29, 0.717) is 5.92 Å². The molecule has 0 spiro atoms. The molecule has 1 aliphatic carbocycles. The summed E-state index contributed by atoms with van der Waals surface area (Å²) in [4.78, 5) is 17.4. The van der Waals surface area contributed by atoms with E-state index in [1.165, 1.54) is 54.4 Å². The Morgan fingerprint density at radius 3 is 2.56 bits per heavy atom. The summed E-state index contributed by atoms with van der Waals surface area (Å²) in [6.07, 6.45) is 7.91.